The van der Waals surface area contributed by atoms with Gasteiger partial charge in [-0.25, -0.2) is 4.79 Å². The van der Waals surface area contributed by atoms with Gasteiger partial charge < -0.3 is 26.2 Å². The first-order valence-corrected chi connectivity index (χ1v) is 15.3. The topological polar surface area (TPSA) is 145 Å². The molecule has 0 saturated carbocycles. The quantitative estimate of drug-likeness (QED) is 0.158. The predicted molar refractivity (Wildman–Crippen MR) is 171 cm³/mol. The second-order valence-electron chi connectivity index (χ2n) is 11.7. The lowest BCUT2D eigenvalue weighted by atomic mass is 9.91. The number of carbonyl (C=O) groups excluding carboxylic acids is 3. The van der Waals surface area contributed by atoms with Crippen LogP contribution in [0, 0.1) is 11.8 Å². The fourth-order valence-corrected chi connectivity index (χ4v) is 5.19. The number of aliphatic carboxylic acids is 1. The van der Waals surface area contributed by atoms with Gasteiger partial charge >= 0.3 is 5.97 Å². The SMILES string of the molecule is CC[C@H](C[C@H](O)[C@H](Cc1ccccc1)NC(=O)C[C@H](NC(=O)CCc1cccc2ccccc12)C(=O)O)C(=O)NCC(C)C. The second-order valence-corrected chi connectivity index (χ2v) is 11.7. The van der Waals surface area contributed by atoms with Crippen molar-refractivity contribution in [2.45, 2.75) is 77.5 Å². The number of hydrogen-bond donors (Lipinski definition) is 5. The van der Waals surface area contributed by atoms with E-state index in [9.17, 15) is 29.4 Å². The first-order valence-electron chi connectivity index (χ1n) is 15.3. The third kappa shape index (κ3) is 10.8. The lowest BCUT2D eigenvalue weighted by molar-refractivity contribution is -0.143. The molecule has 3 amide bonds. The molecule has 0 aliphatic carbocycles. The van der Waals surface area contributed by atoms with Crippen LogP contribution in [0.25, 0.3) is 10.8 Å². The fraction of sp³-hybridized carbons (Fsp3) is 0.429. The maximum Gasteiger partial charge on any atom is 0.326 e. The smallest absolute Gasteiger partial charge is 0.326 e. The van der Waals surface area contributed by atoms with E-state index in [2.05, 4.69) is 16.0 Å². The molecule has 0 spiro atoms. The Balaban J connectivity index is 1.64. The van der Waals surface area contributed by atoms with E-state index in [1.165, 1.54) is 0 Å². The number of benzene rings is 3. The number of amides is 3. The first kappa shape index (κ1) is 34.3. The van der Waals surface area contributed by atoms with Crippen LogP contribution >= 0.6 is 0 Å². The van der Waals surface area contributed by atoms with Crippen LogP contribution in [0.15, 0.2) is 72.8 Å². The Bertz CT molecular complexity index is 1390. The molecule has 0 aliphatic rings. The molecule has 0 radical (unpaired) electrons. The van der Waals surface area contributed by atoms with E-state index in [1.807, 2.05) is 93.6 Å². The summed E-state index contributed by atoms with van der Waals surface area (Å²) in [5.74, 6) is -2.74. The van der Waals surface area contributed by atoms with Crippen molar-refractivity contribution in [1.82, 2.24) is 16.0 Å². The maximum absolute atomic E-state index is 13.1. The van der Waals surface area contributed by atoms with Gasteiger partial charge in [0.1, 0.15) is 6.04 Å². The zero-order chi connectivity index (χ0) is 32.1. The molecule has 9 nitrogen and oxygen atoms in total. The molecule has 0 saturated heterocycles. The minimum atomic E-state index is -1.44. The average Bonchev–Trinajstić information content (AvgIpc) is 3.01. The van der Waals surface area contributed by atoms with Crippen LogP contribution in [0.5, 0.6) is 0 Å². The van der Waals surface area contributed by atoms with Gasteiger partial charge in [-0.15, -0.1) is 0 Å². The molecule has 3 aromatic carbocycles. The third-order valence-corrected chi connectivity index (χ3v) is 7.71. The Morgan fingerprint density at radius 3 is 2.20 bits per heavy atom. The third-order valence-electron chi connectivity index (χ3n) is 7.71. The molecule has 4 atom stereocenters. The van der Waals surface area contributed by atoms with Crippen molar-refractivity contribution < 1.29 is 29.4 Å². The highest BCUT2D eigenvalue weighted by atomic mass is 16.4. The van der Waals surface area contributed by atoms with E-state index in [1.54, 1.807) is 0 Å². The van der Waals surface area contributed by atoms with Crippen molar-refractivity contribution in [2.75, 3.05) is 6.54 Å². The van der Waals surface area contributed by atoms with Gasteiger partial charge in [0.25, 0.3) is 0 Å². The summed E-state index contributed by atoms with van der Waals surface area (Å²) < 4.78 is 0. The van der Waals surface area contributed by atoms with Crippen molar-refractivity contribution in [3.63, 3.8) is 0 Å². The second kappa shape index (κ2) is 17.2. The van der Waals surface area contributed by atoms with Crippen molar-refractivity contribution in [2.24, 2.45) is 11.8 Å². The summed E-state index contributed by atoms with van der Waals surface area (Å²) in [4.78, 5) is 50.6. The fourth-order valence-electron chi connectivity index (χ4n) is 5.19. The highest BCUT2D eigenvalue weighted by molar-refractivity contribution is 5.89. The van der Waals surface area contributed by atoms with Gasteiger partial charge in [-0.2, -0.15) is 0 Å². The van der Waals surface area contributed by atoms with Crippen molar-refractivity contribution in [1.29, 1.82) is 0 Å². The van der Waals surface area contributed by atoms with Gasteiger partial charge in [-0.3, -0.25) is 14.4 Å². The summed E-state index contributed by atoms with van der Waals surface area (Å²) in [5.41, 5.74) is 1.84. The number of aryl methyl sites for hydroxylation is 1. The molecule has 5 N–H and O–H groups in total. The number of rotatable bonds is 17. The highest BCUT2D eigenvalue weighted by Crippen LogP contribution is 2.20. The number of carbonyl (C=O) groups is 4. The molecule has 3 rings (SSSR count). The minimum Gasteiger partial charge on any atom is -0.480 e. The number of aliphatic hydroxyl groups is 1. The van der Waals surface area contributed by atoms with Crippen LogP contribution in [0.2, 0.25) is 0 Å². The summed E-state index contributed by atoms with van der Waals surface area (Å²) in [6, 6.07) is 20.8. The zero-order valence-electron chi connectivity index (χ0n) is 25.8. The predicted octanol–water partition coefficient (Wildman–Crippen LogP) is 4.01. The molecule has 9 heteroatoms. The van der Waals surface area contributed by atoms with Gasteiger partial charge in [-0.05, 0) is 53.5 Å². The van der Waals surface area contributed by atoms with E-state index in [-0.39, 0.29) is 31.1 Å². The molecule has 0 aliphatic heterocycles. The average molecular weight is 604 g/mol. The van der Waals surface area contributed by atoms with Crippen LogP contribution < -0.4 is 16.0 Å². The first-order chi connectivity index (χ1) is 21.1. The van der Waals surface area contributed by atoms with Crippen LogP contribution in [0.1, 0.15) is 57.6 Å². The number of carboxylic acid groups (broad SMARTS) is 1. The normalized spacial score (nSPS) is 13.9. The van der Waals surface area contributed by atoms with Gasteiger partial charge in [0.15, 0.2) is 0 Å². The summed E-state index contributed by atoms with van der Waals surface area (Å²) in [6.45, 7) is 6.40. The summed E-state index contributed by atoms with van der Waals surface area (Å²) >= 11 is 0. The van der Waals surface area contributed by atoms with E-state index in [4.69, 9.17) is 0 Å². The Morgan fingerprint density at radius 1 is 0.841 bits per heavy atom. The molecule has 44 heavy (non-hydrogen) atoms. The van der Waals surface area contributed by atoms with Crippen LogP contribution in [0.3, 0.4) is 0 Å². The molecule has 0 bridgehead atoms. The molecule has 0 heterocycles. The lowest BCUT2D eigenvalue weighted by Gasteiger charge is -2.28. The van der Waals surface area contributed by atoms with Gasteiger partial charge in [-0.1, -0.05) is 93.6 Å². The highest BCUT2D eigenvalue weighted by Gasteiger charge is 2.30. The largest absolute Gasteiger partial charge is 0.480 e. The van der Waals surface area contributed by atoms with Gasteiger partial charge in [0, 0.05) is 18.9 Å². The van der Waals surface area contributed by atoms with Crippen molar-refractivity contribution >= 4 is 34.5 Å². The Morgan fingerprint density at radius 2 is 1.52 bits per heavy atom. The number of carboxylic acids is 1. The molecule has 236 valence electrons. The van der Waals surface area contributed by atoms with E-state index < -0.39 is 48.3 Å². The molecular formula is C35H45N3O6. The zero-order valence-corrected chi connectivity index (χ0v) is 25.8. The lowest BCUT2D eigenvalue weighted by Crippen LogP contribution is -2.50. The Kier molecular flexibility index (Phi) is 13.4. The Hall–Kier alpha value is -4.24. The standard InChI is InChI=1S/C35H45N3O6/c1-4-25(34(42)36-22-23(2)3)20-31(39)29(19-24-11-6-5-7-12-24)37-33(41)21-30(35(43)44)38-32(40)18-17-27-15-10-14-26-13-8-9-16-28(26)27/h5-16,23,25,29-31,39H,4,17-22H2,1-3H3,(H,36,42)(H,37,41)(H,38,40)(H,43,44)/t25-,29+,30+,31+/m1/s1. The molecule has 0 fully saturated rings. The van der Waals surface area contributed by atoms with Crippen LogP contribution in [-0.2, 0) is 32.0 Å². The van der Waals surface area contributed by atoms with E-state index >= 15 is 0 Å². The minimum absolute atomic E-state index is 0.0615. The van der Waals surface area contributed by atoms with Gasteiger partial charge in [0.05, 0.1) is 18.6 Å². The number of fused-ring (bicyclic) bond motifs is 1. The molecular weight excluding hydrogens is 558 g/mol. The van der Waals surface area contributed by atoms with Crippen LogP contribution in [0.4, 0.5) is 0 Å². The summed E-state index contributed by atoms with van der Waals surface area (Å²) in [5, 5.41) is 31.3. The van der Waals surface area contributed by atoms with Crippen molar-refractivity contribution in [3.05, 3.63) is 83.9 Å². The molecule has 0 unspecified atom stereocenters. The molecule has 3 aromatic rings. The molecule has 0 aromatic heterocycles. The maximum atomic E-state index is 13.1. The number of hydrogen-bond acceptors (Lipinski definition) is 5. The number of nitrogens with one attached hydrogen (secondary N) is 3. The van der Waals surface area contributed by atoms with E-state index in [0.717, 1.165) is 21.9 Å². The van der Waals surface area contributed by atoms with Crippen LogP contribution in [-0.4, -0.2) is 58.6 Å². The van der Waals surface area contributed by atoms with Crippen molar-refractivity contribution in [3.8, 4) is 0 Å². The van der Waals surface area contributed by atoms with Gasteiger partial charge in [0.2, 0.25) is 17.7 Å². The summed E-state index contributed by atoms with van der Waals surface area (Å²) in [7, 11) is 0. The van der Waals surface area contributed by atoms with E-state index in [0.29, 0.717) is 19.4 Å². The monoisotopic (exact) mass is 603 g/mol. The Labute approximate surface area is 259 Å². The number of aliphatic hydroxyl groups excluding tert-OH is 1. The summed E-state index contributed by atoms with van der Waals surface area (Å²) in [6.07, 6.45) is -0.157.